The molecule has 0 amide bonds. The molecule has 0 spiro atoms. The molecule has 2 rings (SSSR count). The highest BCUT2D eigenvalue weighted by Gasteiger charge is 2.08. The van der Waals surface area contributed by atoms with Gasteiger partial charge in [-0.15, -0.1) is 0 Å². The molecule has 18 heavy (non-hydrogen) atoms. The number of hydrogen-bond donors (Lipinski definition) is 2. The van der Waals surface area contributed by atoms with E-state index in [9.17, 15) is 9.90 Å². The predicted molar refractivity (Wildman–Crippen MR) is 67.1 cm³/mol. The average Bonchev–Trinajstić information content (AvgIpc) is 2.38. The second kappa shape index (κ2) is 4.79. The molecule has 0 aliphatic rings. The zero-order valence-corrected chi connectivity index (χ0v) is 9.75. The fourth-order valence-corrected chi connectivity index (χ4v) is 1.68. The number of benzene rings is 2. The quantitative estimate of drug-likeness (QED) is 0.871. The summed E-state index contributed by atoms with van der Waals surface area (Å²) >= 11 is 0. The van der Waals surface area contributed by atoms with Gasteiger partial charge in [-0.05, 0) is 41.5 Å². The molecule has 0 unspecified atom stereocenters. The molecule has 92 valence electrons. The molecule has 0 fully saturated rings. The minimum Gasteiger partial charge on any atom is -0.508 e. The minimum atomic E-state index is -1.07. The van der Waals surface area contributed by atoms with Crippen molar-refractivity contribution in [2.45, 2.75) is 0 Å². The molecule has 4 nitrogen and oxygen atoms in total. The van der Waals surface area contributed by atoms with E-state index >= 15 is 0 Å². The van der Waals surface area contributed by atoms with Crippen LogP contribution in [0.25, 0.3) is 11.1 Å². The smallest absolute Gasteiger partial charge is 0.335 e. The summed E-state index contributed by atoms with van der Waals surface area (Å²) in [4.78, 5) is 10.9. The Labute approximate surface area is 104 Å². The van der Waals surface area contributed by atoms with Crippen LogP contribution >= 0.6 is 0 Å². The van der Waals surface area contributed by atoms with Crippen molar-refractivity contribution in [2.24, 2.45) is 0 Å². The molecule has 0 atom stereocenters. The van der Waals surface area contributed by atoms with E-state index in [1.165, 1.54) is 18.2 Å². The first kappa shape index (κ1) is 12.0. The van der Waals surface area contributed by atoms with Gasteiger partial charge in [-0.2, -0.15) is 0 Å². The van der Waals surface area contributed by atoms with Crippen LogP contribution in [0.4, 0.5) is 0 Å². The Kier molecular flexibility index (Phi) is 3.19. The summed E-state index contributed by atoms with van der Waals surface area (Å²) in [5.74, 6) is -0.418. The van der Waals surface area contributed by atoms with E-state index in [-0.39, 0.29) is 11.3 Å². The van der Waals surface area contributed by atoms with E-state index in [0.29, 0.717) is 5.56 Å². The van der Waals surface area contributed by atoms with Gasteiger partial charge >= 0.3 is 5.97 Å². The van der Waals surface area contributed by atoms with Crippen LogP contribution in [0.1, 0.15) is 10.4 Å². The van der Waals surface area contributed by atoms with Crippen LogP contribution in [0.15, 0.2) is 42.5 Å². The Morgan fingerprint density at radius 1 is 1.06 bits per heavy atom. The van der Waals surface area contributed by atoms with Crippen molar-refractivity contribution < 1.29 is 19.7 Å². The third kappa shape index (κ3) is 2.43. The number of hydrogen-bond acceptors (Lipinski definition) is 3. The standard InChI is InChI=1S/C14H12O4/c1-18-13-4-2-9(3-5-13)10-6-11(14(16)17)8-12(15)7-10/h2-8,15H,1H3,(H,16,17). The first-order valence-electron chi connectivity index (χ1n) is 5.32. The SMILES string of the molecule is COc1ccc(-c2cc(O)cc(C(=O)O)c2)cc1. The molecular formula is C14H12O4. The van der Waals surface area contributed by atoms with Gasteiger partial charge in [0.15, 0.2) is 0 Å². The molecule has 2 N–H and O–H groups in total. The Bertz CT molecular complexity index is 573. The second-order valence-corrected chi connectivity index (χ2v) is 3.80. The van der Waals surface area contributed by atoms with E-state index < -0.39 is 5.97 Å². The predicted octanol–water partition coefficient (Wildman–Crippen LogP) is 2.77. The van der Waals surface area contributed by atoms with E-state index in [0.717, 1.165) is 11.3 Å². The van der Waals surface area contributed by atoms with Crippen LogP contribution in [0.5, 0.6) is 11.5 Å². The molecule has 0 aliphatic heterocycles. The lowest BCUT2D eigenvalue weighted by Gasteiger charge is -2.06. The summed E-state index contributed by atoms with van der Waals surface area (Å²) < 4.78 is 5.05. The van der Waals surface area contributed by atoms with Crippen molar-refractivity contribution in [3.63, 3.8) is 0 Å². The number of phenols is 1. The number of rotatable bonds is 3. The van der Waals surface area contributed by atoms with Crippen LogP contribution in [-0.4, -0.2) is 23.3 Å². The van der Waals surface area contributed by atoms with Crippen molar-refractivity contribution >= 4 is 5.97 Å². The topological polar surface area (TPSA) is 66.8 Å². The maximum Gasteiger partial charge on any atom is 0.335 e. The largest absolute Gasteiger partial charge is 0.508 e. The van der Waals surface area contributed by atoms with Gasteiger partial charge < -0.3 is 14.9 Å². The van der Waals surface area contributed by atoms with Crippen LogP contribution < -0.4 is 4.74 Å². The summed E-state index contributed by atoms with van der Waals surface area (Å²) in [5, 5.41) is 18.4. The van der Waals surface area contributed by atoms with Crippen molar-refractivity contribution in [1.82, 2.24) is 0 Å². The third-order valence-corrected chi connectivity index (χ3v) is 2.59. The molecule has 0 aliphatic carbocycles. The van der Waals surface area contributed by atoms with Gasteiger partial charge in [0.2, 0.25) is 0 Å². The first-order valence-corrected chi connectivity index (χ1v) is 5.32. The Morgan fingerprint density at radius 2 is 1.72 bits per heavy atom. The molecule has 0 saturated heterocycles. The Balaban J connectivity index is 2.46. The van der Waals surface area contributed by atoms with E-state index in [4.69, 9.17) is 9.84 Å². The van der Waals surface area contributed by atoms with Crippen LogP contribution in [0.2, 0.25) is 0 Å². The molecule has 0 heterocycles. The van der Waals surface area contributed by atoms with E-state index in [1.807, 2.05) is 0 Å². The highest BCUT2D eigenvalue weighted by molar-refractivity contribution is 5.90. The lowest BCUT2D eigenvalue weighted by Crippen LogP contribution is -1.96. The molecule has 2 aromatic rings. The Hall–Kier alpha value is -2.49. The summed E-state index contributed by atoms with van der Waals surface area (Å²) in [6, 6.07) is 11.4. The molecule has 0 bridgehead atoms. The second-order valence-electron chi connectivity index (χ2n) is 3.80. The van der Waals surface area contributed by atoms with Crippen molar-refractivity contribution in [2.75, 3.05) is 7.11 Å². The normalized spacial score (nSPS) is 10.1. The molecular weight excluding hydrogens is 232 g/mol. The molecule has 2 aromatic carbocycles. The monoisotopic (exact) mass is 244 g/mol. The number of aromatic hydroxyl groups is 1. The molecule has 0 aromatic heterocycles. The molecule has 4 heteroatoms. The highest BCUT2D eigenvalue weighted by atomic mass is 16.5. The van der Waals surface area contributed by atoms with E-state index in [2.05, 4.69) is 0 Å². The number of ether oxygens (including phenoxy) is 1. The number of methoxy groups -OCH3 is 1. The number of carboxylic acids is 1. The summed E-state index contributed by atoms with van der Waals surface area (Å²) in [7, 11) is 1.58. The fourth-order valence-electron chi connectivity index (χ4n) is 1.68. The number of aromatic carboxylic acids is 1. The summed E-state index contributed by atoms with van der Waals surface area (Å²) in [5.41, 5.74) is 1.52. The Morgan fingerprint density at radius 3 is 2.28 bits per heavy atom. The average molecular weight is 244 g/mol. The maximum atomic E-state index is 10.9. The lowest BCUT2D eigenvalue weighted by molar-refractivity contribution is 0.0696. The number of phenolic OH excluding ortho intramolecular Hbond substituents is 1. The van der Waals surface area contributed by atoms with Crippen LogP contribution in [-0.2, 0) is 0 Å². The number of carboxylic acid groups (broad SMARTS) is 1. The van der Waals surface area contributed by atoms with Gasteiger partial charge in [0.05, 0.1) is 12.7 Å². The lowest BCUT2D eigenvalue weighted by atomic mass is 10.0. The van der Waals surface area contributed by atoms with Crippen molar-refractivity contribution in [3.05, 3.63) is 48.0 Å². The zero-order chi connectivity index (χ0) is 13.1. The van der Waals surface area contributed by atoms with Crippen molar-refractivity contribution in [1.29, 1.82) is 0 Å². The van der Waals surface area contributed by atoms with Crippen molar-refractivity contribution in [3.8, 4) is 22.6 Å². The van der Waals surface area contributed by atoms with Gasteiger partial charge in [0.1, 0.15) is 11.5 Å². The first-order chi connectivity index (χ1) is 8.60. The third-order valence-electron chi connectivity index (χ3n) is 2.59. The van der Waals surface area contributed by atoms with Crippen LogP contribution in [0.3, 0.4) is 0 Å². The van der Waals surface area contributed by atoms with Gasteiger partial charge in [-0.1, -0.05) is 12.1 Å². The zero-order valence-electron chi connectivity index (χ0n) is 9.75. The van der Waals surface area contributed by atoms with E-state index in [1.54, 1.807) is 31.4 Å². The van der Waals surface area contributed by atoms with Gasteiger partial charge in [0.25, 0.3) is 0 Å². The molecule has 0 radical (unpaired) electrons. The maximum absolute atomic E-state index is 10.9. The van der Waals surface area contributed by atoms with Gasteiger partial charge in [-0.25, -0.2) is 4.79 Å². The summed E-state index contributed by atoms with van der Waals surface area (Å²) in [6.45, 7) is 0. The highest BCUT2D eigenvalue weighted by Crippen LogP contribution is 2.27. The summed E-state index contributed by atoms with van der Waals surface area (Å²) in [6.07, 6.45) is 0. The van der Waals surface area contributed by atoms with Crippen LogP contribution in [0, 0.1) is 0 Å². The van der Waals surface area contributed by atoms with Gasteiger partial charge in [-0.3, -0.25) is 0 Å². The molecule has 0 saturated carbocycles. The fraction of sp³-hybridized carbons (Fsp3) is 0.0714. The minimum absolute atomic E-state index is 0.0563. The van der Waals surface area contributed by atoms with Gasteiger partial charge in [0, 0.05) is 0 Å². The number of carbonyl (C=O) groups is 1.